The maximum absolute atomic E-state index is 5.27. The van der Waals surface area contributed by atoms with Crippen LogP contribution in [0.2, 0.25) is 0 Å². The zero-order valence-corrected chi connectivity index (χ0v) is 9.36. The van der Waals surface area contributed by atoms with Gasteiger partial charge in [0.2, 0.25) is 5.11 Å². The minimum Gasteiger partial charge on any atom is -0.496 e. The van der Waals surface area contributed by atoms with E-state index in [-0.39, 0.29) is 6.17 Å². The van der Waals surface area contributed by atoms with E-state index in [1.54, 1.807) is 7.11 Å². The lowest BCUT2D eigenvalue weighted by Gasteiger charge is -2.19. The summed E-state index contributed by atoms with van der Waals surface area (Å²) in [6, 6.07) is 7.74. The molecule has 0 radical (unpaired) electrons. The minimum absolute atomic E-state index is 0.159. The predicted molar refractivity (Wildman–Crippen MR) is 61.0 cm³/mol. The average Bonchev–Trinajstić information content (AvgIpc) is 2.60. The fraction of sp³-hybridized carbons (Fsp3) is 0.300. The first kappa shape index (κ1) is 10.0. The van der Waals surface area contributed by atoms with E-state index < -0.39 is 0 Å². The van der Waals surface area contributed by atoms with Crippen LogP contribution in [0.4, 0.5) is 0 Å². The second-order valence-corrected chi connectivity index (χ2v) is 3.59. The van der Waals surface area contributed by atoms with Crippen LogP contribution >= 0.6 is 12.2 Å². The van der Waals surface area contributed by atoms with Gasteiger partial charge >= 0.3 is 0 Å². The lowest BCUT2D eigenvalue weighted by molar-refractivity contribution is 0.370. The number of hydrogen-bond acceptors (Lipinski definition) is 3. The molecule has 0 fully saturated rings. The van der Waals surface area contributed by atoms with E-state index in [9.17, 15) is 0 Å². The Morgan fingerprint density at radius 3 is 2.73 bits per heavy atom. The molecule has 15 heavy (non-hydrogen) atoms. The standard InChI is InChI=1S/C10H11N3OS/c1-13-9(11-12-10(13)15)7-5-3-4-6-8(7)14-2/h3-6,9H,1-2H3. The smallest absolute Gasteiger partial charge is 0.217 e. The van der Waals surface area contributed by atoms with E-state index in [1.165, 1.54) is 0 Å². The highest BCUT2D eigenvalue weighted by Crippen LogP contribution is 2.32. The second-order valence-electron chi connectivity index (χ2n) is 3.22. The zero-order valence-electron chi connectivity index (χ0n) is 8.54. The zero-order chi connectivity index (χ0) is 10.8. The van der Waals surface area contributed by atoms with Gasteiger partial charge in [0.25, 0.3) is 0 Å². The van der Waals surface area contributed by atoms with E-state index in [4.69, 9.17) is 17.0 Å². The van der Waals surface area contributed by atoms with Gasteiger partial charge in [-0.15, -0.1) is 5.11 Å². The Hall–Kier alpha value is -1.49. The molecule has 1 aliphatic heterocycles. The molecule has 1 atom stereocenters. The van der Waals surface area contributed by atoms with Crippen molar-refractivity contribution in [3.8, 4) is 5.75 Å². The normalized spacial score (nSPS) is 19.7. The number of hydrogen-bond donors (Lipinski definition) is 0. The van der Waals surface area contributed by atoms with Gasteiger partial charge in [-0.2, -0.15) is 5.11 Å². The molecule has 1 aliphatic rings. The summed E-state index contributed by atoms with van der Waals surface area (Å²) in [5, 5.41) is 8.49. The fourth-order valence-corrected chi connectivity index (χ4v) is 1.65. The maximum atomic E-state index is 5.27. The summed E-state index contributed by atoms with van der Waals surface area (Å²) < 4.78 is 5.27. The summed E-state index contributed by atoms with van der Waals surface area (Å²) in [6.07, 6.45) is -0.159. The van der Waals surface area contributed by atoms with E-state index >= 15 is 0 Å². The number of para-hydroxylation sites is 1. The Labute approximate surface area is 93.6 Å². The molecule has 0 spiro atoms. The third kappa shape index (κ3) is 1.70. The number of methoxy groups -OCH3 is 1. The molecule has 4 nitrogen and oxygen atoms in total. The van der Waals surface area contributed by atoms with Crippen LogP contribution in [0.15, 0.2) is 34.5 Å². The van der Waals surface area contributed by atoms with Crippen molar-refractivity contribution < 1.29 is 4.74 Å². The maximum Gasteiger partial charge on any atom is 0.217 e. The highest BCUT2D eigenvalue weighted by Gasteiger charge is 2.26. The van der Waals surface area contributed by atoms with Crippen LogP contribution in [0.5, 0.6) is 5.75 Å². The lowest BCUT2D eigenvalue weighted by Crippen LogP contribution is -2.22. The summed E-state index contributed by atoms with van der Waals surface area (Å²) in [5.74, 6) is 0.804. The molecule has 5 heteroatoms. The molecule has 0 bridgehead atoms. The van der Waals surface area contributed by atoms with Crippen molar-refractivity contribution in [3.05, 3.63) is 29.8 Å². The van der Waals surface area contributed by atoms with Gasteiger partial charge in [0.1, 0.15) is 5.75 Å². The number of benzene rings is 1. The van der Waals surface area contributed by atoms with Crippen molar-refractivity contribution in [2.75, 3.05) is 14.2 Å². The summed E-state index contributed by atoms with van der Waals surface area (Å²) in [6.45, 7) is 0. The van der Waals surface area contributed by atoms with Gasteiger partial charge in [-0.25, -0.2) is 0 Å². The van der Waals surface area contributed by atoms with Crippen LogP contribution in [0, 0.1) is 0 Å². The number of thiocarbonyl (C=S) groups is 1. The van der Waals surface area contributed by atoms with Crippen molar-refractivity contribution in [1.82, 2.24) is 4.90 Å². The topological polar surface area (TPSA) is 37.2 Å². The quantitative estimate of drug-likeness (QED) is 0.719. The number of ether oxygens (including phenoxy) is 1. The molecular formula is C10H11N3OS. The first-order valence-electron chi connectivity index (χ1n) is 4.54. The Morgan fingerprint density at radius 1 is 1.40 bits per heavy atom. The summed E-state index contributed by atoms with van der Waals surface area (Å²) in [5.41, 5.74) is 0.978. The molecular weight excluding hydrogens is 210 g/mol. The Kier molecular flexibility index (Phi) is 2.64. The van der Waals surface area contributed by atoms with Crippen LogP contribution in [-0.2, 0) is 0 Å². The van der Waals surface area contributed by atoms with E-state index in [0.29, 0.717) is 5.11 Å². The van der Waals surface area contributed by atoms with Gasteiger partial charge in [0.05, 0.1) is 7.11 Å². The minimum atomic E-state index is -0.159. The van der Waals surface area contributed by atoms with Gasteiger partial charge in [0.15, 0.2) is 6.17 Å². The monoisotopic (exact) mass is 221 g/mol. The first-order chi connectivity index (χ1) is 7.24. The number of azo groups is 1. The van der Waals surface area contributed by atoms with Crippen LogP contribution in [-0.4, -0.2) is 24.2 Å². The predicted octanol–water partition coefficient (Wildman–Crippen LogP) is 2.38. The molecule has 2 rings (SSSR count). The highest BCUT2D eigenvalue weighted by molar-refractivity contribution is 7.80. The molecule has 0 aliphatic carbocycles. The van der Waals surface area contributed by atoms with Crippen LogP contribution < -0.4 is 4.74 Å². The SMILES string of the molecule is COc1ccccc1C1N=NC(=S)N1C. The Morgan fingerprint density at radius 2 is 2.13 bits per heavy atom. The first-order valence-corrected chi connectivity index (χ1v) is 4.95. The third-order valence-corrected chi connectivity index (χ3v) is 2.71. The summed E-state index contributed by atoms with van der Waals surface area (Å²) in [4.78, 5) is 1.84. The van der Waals surface area contributed by atoms with Gasteiger partial charge in [-0.05, 0) is 18.3 Å². The van der Waals surface area contributed by atoms with Gasteiger partial charge in [-0.1, -0.05) is 18.2 Å². The Balaban J connectivity index is 2.38. The largest absolute Gasteiger partial charge is 0.496 e. The highest BCUT2D eigenvalue weighted by atomic mass is 32.1. The molecule has 1 heterocycles. The summed E-state index contributed by atoms with van der Waals surface area (Å²) in [7, 11) is 3.52. The molecule has 0 N–H and O–H groups in total. The van der Waals surface area contributed by atoms with E-state index in [1.807, 2.05) is 36.2 Å². The molecule has 1 unspecified atom stereocenters. The number of nitrogens with zero attached hydrogens (tertiary/aromatic N) is 3. The van der Waals surface area contributed by atoms with Crippen molar-refractivity contribution in [1.29, 1.82) is 0 Å². The molecule has 1 aromatic rings. The van der Waals surface area contributed by atoms with Gasteiger partial charge in [0, 0.05) is 12.6 Å². The van der Waals surface area contributed by atoms with Crippen molar-refractivity contribution >= 4 is 17.3 Å². The fourth-order valence-electron chi connectivity index (χ4n) is 1.51. The molecule has 1 aromatic carbocycles. The van der Waals surface area contributed by atoms with E-state index in [0.717, 1.165) is 11.3 Å². The van der Waals surface area contributed by atoms with E-state index in [2.05, 4.69) is 10.2 Å². The molecule has 0 saturated heterocycles. The molecule has 0 aromatic heterocycles. The van der Waals surface area contributed by atoms with Crippen LogP contribution in [0.3, 0.4) is 0 Å². The Bertz CT molecular complexity index is 419. The number of rotatable bonds is 2. The third-order valence-electron chi connectivity index (χ3n) is 2.34. The lowest BCUT2D eigenvalue weighted by atomic mass is 10.1. The van der Waals surface area contributed by atoms with Gasteiger partial charge < -0.3 is 9.64 Å². The van der Waals surface area contributed by atoms with Crippen molar-refractivity contribution in [2.45, 2.75) is 6.17 Å². The average molecular weight is 221 g/mol. The van der Waals surface area contributed by atoms with Crippen LogP contribution in [0.25, 0.3) is 0 Å². The second kappa shape index (κ2) is 3.94. The summed E-state index contributed by atoms with van der Waals surface area (Å²) >= 11 is 5.02. The van der Waals surface area contributed by atoms with Crippen molar-refractivity contribution in [3.63, 3.8) is 0 Å². The van der Waals surface area contributed by atoms with Crippen molar-refractivity contribution in [2.24, 2.45) is 10.2 Å². The molecule has 0 amide bonds. The molecule has 78 valence electrons. The van der Waals surface area contributed by atoms with Crippen LogP contribution in [0.1, 0.15) is 11.7 Å². The molecule has 0 saturated carbocycles. The van der Waals surface area contributed by atoms with Gasteiger partial charge in [-0.3, -0.25) is 0 Å².